The van der Waals surface area contributed by atoms with Crippen LogP contribution in [0.25, 0.3) is 0 Å². The number of alkyl halides is 1. The quantitative estimate of drug-likeness (QED) is 0.660. The molecule has 1 heterocycles. The van der Waals surface area contributed by atoms with E-state index in [0.29, 0.717) is 6.61 Å². The first-order chi connectivity index (χ1) is 8.61. The minimum absolute atomic E-state index is 0.164. The van der Waals surface area contributed by atoms with Gasteiger partial charge in [-0.3, -0.25) is 0 Å². The van der Waals surface area contributed by atoms with Gasteiger partial charge in [-0.15, -0.1) is 22.9 Å². The van der Waals surface area contributed by atoms with Gasteiger partial charge in [-0.05, 0) is 48.0 Å². The summed E-state index contributed by atoms with van der Waals surface area (Å²) in [7, 11) is 0. The molecule has 18 heavy (non-hydrogen) atoms. The lowest BCUT2D eigenvalue weighted by molar-refractivity contribution is 0.337. The van der Waals surface area contributed by atoms with E-state index >= 15 is 0 Å². The number of hydrogen-bond acceptors (Lipinski definition) is 2. The van der Waals surface area contributed by atoms with Crippen molar-refractivity contribution in [1.82, 2.24) is 0 Å². The fraction of sp³-hybridized carbons (Fsp3) is 0.286. The number of rotatable bonds is 4. The van der Waals surface area contributed by atoms with Crippen molar-refractivity contribution in [3.8, 4) is 5.75 Å². The van der Waals surface area contributed by atoms with Crippen LogP contribution in [0.1, 0.15) is 28.3 Å². The first kappa shape index (κ1) is 13.9. The summed E-state index contributed by atoms with van der Waals surface area (Å²) in [6.07, 6.45) is 0. The number of ether oxygens (including phenoxy) is 1. The lowest BCUT2D eigenvalue weighted by Gasteiger charge is -2.14. The molecular formula is C14H14BrClOS. The summed E-state index contributed by atoms with van der Waals surface area (Å²) in [6, 6.07) is 10.2. The van der Waals surface area contributed by atoms with Gasteiger partial charge in [-0.25, -0.2) is 0 Å². The molecule has 0 aliphatic heterocycles. The highest BCUT2D eigenvalue weighted by Crippen LogP contribution is 2.39. The van der Waals surface area contributed by atoms with Crippen LogP contribution in [0.4, 0.5) is 0 Å². The van der Waals surface area contributed by atoms with E-state index < -0.39 is 0 Å². The first-order valence-electron chi connectivity index (χ1n) is 5.74. The van der Waals surface area contributed by atoms with E-state index in [-0.39, 0.29) is 5.38 Å². The predicted molar refractivity (Wildman–Crippen MR) is 82.1 cm³/mol. The van der Waals surface area contributed by atoms with Crippen LogP contribution >= 0.6 is 38.9 Å². The molecule has 96 valence electrons. The van der Waals surface area contributed by atoms with Gasteiger partial charge in [-0.1, -0.05) is 17.7 Å². The summed E-state index contributed by atoms with van der Waals surface area (Å²) in [5.74, 6) is 0.868. The smallest absolute Gasteiger partial charge is 0.124 e. The average Bonchev–Trinajstić information content (AvgIpc) is 2.77. The number of benzene rings is 1. The monoisotopic (exact) mass is 344 g/mol. The second-order valence-corrected chi connectivity index (χ2v) is 6.91. The zero-order valence-electron chi connectivity index (χ0n) is 10.2. The van der Waals surface area contributed by atoms with Gasteiger partial charge in [0.1, 0.15) is 5.75 Å². The second-order valence-electron chi connectivity index (χ2n) is 3.98. The Bertz CT molecular complexity index is 538. The summed E-state index contributed by atoms with van der Waals surface area (Å²) in [6.45, 7) is 4.69. The number of hydrogen-bond donors (Lipinski definition) is 0. The minimum Gasteiger partial charge on any atom is -0.494 e. The number of aryl methyl sites for hydroxylation is 1. The normalized spacial score (nSPS) is 12.4. The topological polar surface area (TPSA) is 9.23 Å². The van der Waals surface area contributed by atoms with Crippen LogP contribution in [0.15, 0.2) is 34.1 Å². The first-order valence-corrected chi connectivity index (χ1v) is 7.79. The van der Waals surface area contributed by atoms with E-state index in [1.807, 2.05) is 31.2 Å². The zero-order valence-corrected chi connectivity index (χ0v) is 13.4. The molecule has 1 atom stereocenters. The van der Waals surface area contributed by atoms with Gasteiger partial charge in [0, 0.05) is 10.4 Å². The largest absolute Gasteiger partial charge is 0.494 e. The van der Waals surface area contributed by atoms with Gasteiger partial charge in [0.15, 0.2) is 0 Å². The molecule has 0 saturated heterocycles. The fourth-order valence-electron chi connectivity index (χ4n) is 1.77. The lowest BCUT2D eigenvalue weighted by Crippen LogP contribution is -1.99. The molecule has 1 aromatic carbocycles. The molecule has 1 aromatic heterocycles. The van der Waals surface area contributed by atoms with Crippen LogP contribution in [-0.4, -0.2) is 6.61 Å². The molecule has 0 aliphatic carbocycles. The van der Waals surface area contributed by atoms with E-state index in [1.165, 1.54) is 5.56 Å². The van der Waals surface area contributed by atoms with Crippen molar-refractivity contribution in [2.24, 2.45) is 0 Å². The fourth-order valence-corrected chi connectivity index (χ4v) is 3.57. The molecule has 0 spiro atoms. The van der Waals surface area contributed by atoms with E-state index in [4.69, 9.17) is 16.3 Å². The highest BCUT2D eigenvalue weighted by atomic mass is 79.9. The van der Waals surface area contributed by atoms with Crippen molar-refractivity contribution in [2.75, 3.05) is 6.61 Å². The van der Waals surface area contributed by atoms with Crippen molar-refractivity contribution in [2.45, 2.75) is 19.2 Å². The highest BCUT2D eigenvalue weighted by Gasteiger charge is 2.17. The van der Waals surface area contributed by atoms with Gasteiger partial charge in [0.25, 0.3) is 0 Å². The predicted octanol–water partition coefficient (Wildman–Crippen LogP) is 5.55. The third kappa shape index (κ3) is 3.08. The Balaban J connectivity index is 2.39. The Morgan fingerprint density at radius 2 is 2.11 bits per heavy atom. The maximum absolute atomic E-state index is 6.57. The van der Waals surface area contributed by atoms with Crippen LogP contribution in [0.5, 0.6) is 5.75 Å². The third-order valence-corrected chi connectivity index (χ3v) is 4.87. The van der Waals surface area contributed by atoms with Crippen molar-refractivity contribution < 1.29 is 4.74 Å². The van der Waals surface area contributed by atoms with Crippen molar-refractivity contribution >= 4 is 38.9 Å². The van der Waals surface area contributed by atoms with E-state index in [9.17, 15) is 0 Å². The molecule has 4 heteroatoms. The summed E-state index contributed by atoms with van der Waals surface area (Å²) in [5.41, 5.74) is 2.22. The standard InChI is InChI=1S/C14H14BrClOS/c1-3-17-11-5-4-9(2)8-10(11)14(16)12-6-7-13(15)18-12/h4-8,14H,3H2,1-2H3. The molecule has 0 radical (unpaired) electrons. The van der Waals surface area contributed by atoms with Gasteiger partial charge in [0.05, 0.1) is 15.8 Å². The van der Waals surface area contributed by atoms with Gasteiger partial charge in [-0.2, -0.15) is 0 Å². The van der Waals surface area contributed by atoms with E-state index in [1.54, 1.807) is 11.3 Å². The van der Waals surface area contributed by atoms with Crippen LogP contribution < -0.4 is 4.74 Å². The summed E-state index contributed by atoms with van der Waals surface area (Å²) in [4.78, 5) is 1.12. The van der Waals surface area contributed by atoms with Gasteiger partial charge in [0.2, 0.25) is 0 Å². The molecule has 0 N–H and O–H groups in total. The number of thiophene rings is 1. The minimum atomic E-state index is -0.164. The molecule has 1 nitrogen and oxygen atoms in total. The van der Waals surface area contributed by atoms with Crippen molar-refractivity contribution in [3.05, 3.63) is 50.1 Å². The molecule has 2 aromatic rings. The van der Waals surface area contributed by atoms with Crippen LogP contribution in [0, 0.1) is 6.92 Å². The van der Waals surface area contributed by atoms with Crippen LogP contribution in [0.3, 0.4) is 0 Å². The molecule has 2 rings (SSSR count). The van der Waals surface area contributed by atoms with E-state index in [0.717, 1.165) is 20.0 Å². The Kier molecular flexibility index (Phi) is 4.71. The van der Waals surface area contributed by atoms with Gasteiger partial charge >= 0.3 is 0 Å². The molecule has 1 unspecified atom stereocenters. The third-order valence-electron chi connectivity index (χ3n) is 2.58. The van der Waals surface area contributed by atoms with Crippen molar-refractivity contribution in [3.63, 3.8) is 0 Å². The maximum atomic E-state index is 6.57. The summed E-state index contributed by atoms with van der Waals surface area (Å²) < 4.78 is 6.74. The lowest BCUT2D eigenvalue weighted by atomic mass is 10.1. The van der Waals surface area contributed by atoms with Crippen molar-refractivity contribution in [1.29, 1.82) is 0 Å². The average molecular weight is 346 g/mol. The molecule has 0 saturated carbocycles. The SMILES string of the molecule is CCOc1ccc(C)cc1C(Cl)c1ccc(Br)s1. The molecule has 0 amide bonds. The molecule has 0 aliphatic rings. The number of halogens is 2. The molecule has 0 fully saturated rings. The Morgan fingerprint density at radius 3 is 2.72 bits per heavy atom. The Labute approximate surface area is 125 Å². The van der Waals surface area contributed by atoms with Crippen LogP contribution in [0.2, 0.25) is 0 Å². The highest BCUT2D eigenvalue weighted by molar-refractivity contribution is 9.11. The Hall–Kier alpha value is -0.510. The summed E-state index contributed by atoms with van der Waals surface area (Å²) in [5, 5.41) is -0.164. The molecule has 0 bridgehead atoms. The van der Waals surface area contributed by atoms with Crippen LogP contribution in [-0.2, 0) is 0 Å². The molecular weight excluding hydrogens is 332 g/mol. The zero-order chi connectivity index (χ0) is 13.1. The second kappa shape index (κ2) is 6.09. The van der Waals surface area contributed by atoms with Gasteiger partial charge < -0.3 is 4.74 Å². The summed E-state index contributed by atoms with van der Waals surface area (Å²) >= 11 is 11.7. The van der Waals surface area contributed by atoms with E-state index in [2.05, 4.69) is 28.9 Å². The Morgan fingerprint density at radius 1 is 1.33 bits per heavy atom. The maximum Gasteiger partial charge on any atom is 0.124 e.